The largest absolute Gasteiger partial charge is 0.482 e. The second-order valence-electron chi connectivity index (χ2n) is 5.21. The number of carbonyl (C=O) groups excluding carboxylic acids is 2. The summed E-state index contributed by atoms with van der Waals surface area (Å²) in [6.07, 6.45) is 0. The highest BCUT2D eigenvalue weighted by Gasteiger charge is 2.13. The topological polar surface area (TPSA) is 85.3 Å². The van der Waals surface area contributed by atoms with Crippen molar-refractivity contribution in [3.8, 4) is 5.75 Å². The molecule has 0 spiro atoms. The second kappa shape index (κ2) is 7.83. The first kappa shape index (κ1) is 17.8. The monoisotopic (exact) mass is 350 g/mol. The number of ether oxygens (including phenoxy) is 1. The van der Waals surface area contributed by atoms with Crippen LogP contribution in [0, 0.1) is 13.8 Å². The van der Waals surface area contributed by atoms with E-state index in [1.54, 1.807) is 42.9 Å². The normalized spacial score (nSPS) is 10.3. The molecular formula is C16H19ClN4O3. The Hall–Kier alpha value is -2.54. The van der Waals surface area contributed by atoms with Gasteiger partial charge in [0.15, 0.2) is 6.61 Å². The van der Waals surface area contributed by atoms with Crippen molar-refractivity contribution in [3.63, 3.8) is 0 Å². The fourth-order valence-electron chi connectivity index (χ4n) is 2.07. The summed E-state index contributed by atoms with van der Waals surface area (Å²) >= 11 is 5.93. The lowest BCUT2D eigenvalue weighted by molar-refractivity contribution is -0.125. The van der Waals surface area contributed by atoms with Crippen LogP contribution in [0.2, 0.25) is 5.02 Å². The van der Waals surface area contributed by atoms with Gasteiger partial charge in [0.1, 0.15) is 5.75 Å². The molecular weight excluding hydrogens is 332 g/mol. The van der Waals surface area contributed by atoms with Crippen molar-refractivity contribution in [2.75, 3.05) is 18.5 Å². The Kier molecular flexibility index (Phi) is 5.81. The van der Waals surface area contributed by atoms with Crippen LogP contribution in [0.3, 0.4) is 0 Å². The summed E-state index contributed by atoms with van der Waals surface area (Å²) in [4.78, 5) is 23.7. The number of anilines is 1. The van der Waals surface area contributed by atoms with E-state index < -0.39 is 5.91 Å². The third kappa shape index (κ3) is 4.48. The predicted molar refractivity (Wildman–Crippen MR) is 91.3 cm³/mol. The second-order valence-corrected chi connectivity index (χ2v) is 5.62. The first-order chi connectivity index (χ1) is 11.4. The Labute approximate surface area is 144 Å². The van der Waals surface area contributed by atoms with E-state index in [0.717, 1.165) is 11.4 Å². The van der Waals surface area contributed by atoms with E-state index in [9.17, 15) is 9.59 Å². The van der Waals surface area contributed by atoms with Crippen molar-refractivity contribution in [3.05, 3.63) is 40.7 Å². The number of halogens is 1. The maximum Gasteiger partial charge on any atom is 0.258 e. The molecule has 0 bridgehead atoms. The van der Waals surface area contributed by atoms with E-state index in [2.05, 4.69) is 15.7 Å². The number of para-hydroxylation sites is 1. The van der Waals surface area contributed by atoms with Gasteiger partial charge >= 0.3 is 0 Å². The summed E-state index contributed by atoms with van der Waals surface area (Å²) in [5.74, 6) is -0.328. The number of hydrogen-bond donors (Lipinski definition) is 2. The summed E-state index contributed by atoms with van der Waals surface area (Å²) in [6.45, 7) is 3.28. The summed E-state index contributed by atoms with van der Waals surface area (Å²) in [6, 6.07) is 6.85. The van der Waals surface area contributed by atoms with Crippen LogP contribution in [0.25, 0.3) is 0 Å². The van der Waals surface area contributed by atoms with Gasteiger partial charge in [0.2, 0.25) is 5.91 Å². The number of nitrogens with zero attached hydrogens (tertiary/aromatic N) is 2. The van der Waals surface area contributed by atoms with Crippen LogP contribution in [0.1, 0.15) is 11.4 Å². The van der Waals surface area contributed by atoms with Crippen LogP contribution in [0.4, 0.5) is 5.69 Å². The van der Waals surface area contributed by atoms with Gasteiger partial charge in [0, 0.05) is 7.05 Å². The number of benzene rings is 1. The van der Waals surface area contributed by atoms with Crippen LogP contribution in [0.5, 0.6) is 5.75 Å². The number of nitrogens with one attached hydrogen (secondary N) is 2. The minimum atomic E-state index is -0.412. The molecule has 2 N–H and O–H groups in total. The van der Waals surface area contributed by atoms with Gasteiger partial charge in [-0.3, -0.25) is 14.3 Å². The molecule has 1 heterocycles. The standard InChI is InChI=1S/C16H19ClN4O3/c1-10-16(11(2)21(3)20-10)19-14(22)8-18-15(23)9-24-13-7-5-4-6-12(13)17/h4-7H,8-9H2,1-3H3,(H,18,23)(H,19,22). The molecule has 2 rings (SSSR count). The molecule has 0 aliphatic carbocycles. The van der Waals surface area contributed by atoms with Crippen molar-refractivity contribution in [2.24, 2.45) is 7.05 Å². The molecule has 24 heavy (non-hydrogen) atoms. The molecule has 0 radical (unpaired) electrons. The zero-order chi connectivity index (χ0) is 17.7. The molecule has 128 valence electrons. The predicted octanol–water partition coefficient (Wildman–Crippen LogP) is 1.82. The minimum Gasteiger partial charge on any atom is -0.482 e. The lowest BCUT2D eigenvalue weighted by Gasteiger charge is -2.09. The molecule has 0 saturated heterocycles. The third-order valence-corrected chi connectivity index (χ3v) is 3.73. The van der Waals surface area contributed by atoms with E-state index in [4.69, 9.17) is 16.3 Å². The van der Waals surface area contributed by atoms with Gasteiger partial charge in [-0.2, -0.15) is 5.10 Å². The van der Waals surface area contributed by atoms with E-state index in [1.807, 2.05) is 6.92 Å². The molecule has 2 amide bonds. The molecule has 0 atom stereocenters. The van der Waals surface area contributed by atoms with Gasteiger partial charge in [-0.15, -0.1) is 0 Å². The van der Waals surface area contributed by atoms with Gasteiger partial charge in [-0.25, -0.2) is 0 Å². The quantitative estimate of drug-likeness (QED) is 0.832. The van der Waals surface area contributed by atoms with Crippen molar-refractivity contribution in [1.82, 2.24) is 15.1 Å². The van der Waals surface area contributed by atoms with Gasteiger partial charge in [0.05, 0.1) is 28.6 Å². The first-order valence-corrected chi connectivity index (χ1v) is 7.70. The highest BCUT2D eigenvalue weighted by Crippen LogP contribution is 2.22. The zero-order valence-electron chi connectivity index (χ0n) is 13.7. The molecule has 2 aromatic rings. The van der Waals surface area contributed by atoms with Crippen molar-refractivity contribution in [1.29, 1.82) is 0 Å². The van der Waals surface area contributed by atoms with Crippen LogP contribution < -0.4 is 15.4 Å². The molecule has 0 aliphatic heterocycles. The van der Waals surface area contributed by atoms with Gasteiger partial charge in [0.25, 0.3) is 5.91 Å². The van der Waals surface area contributed by atoms with E-state index in [0.29, 0.717) is 16.5 Å². The number of rotatable bonds is 6. The summed E-state index contributed by atoms with van der Waals surface area (Å²) in [5, 5.41) is 9.86. The van der Waals surface area contributed by atoms with E-state index in [-0.39, 0.29) is 19.1 Å². The fourth-order valence-corrected chi connectivity index (χ4v) is 2.26. The molecule has 0 unspecified atom stereocenters. The molecule has 8 heteroatoms. The van der Waals surface area contributed by atoms with Gasteiger partial charge in [-0.05, 0) is 26.0 Å². The van der Waals surface area contributed by atoms with Crippen LogP contribution in [-0.2, 0) is 16.6 Å². The summed E-state index contributed by atoms with van der Waals surface area (Å²) < 4.78 is 6.98. The fraction of sp³-hybridized carbons (Fsp3) is 0.312. The minimum absolute atomic E-state index is 0.154. The number of hydrogen-bond acceptors (Lipinski definition) is 4. The number of aryl methyl sites for hydroxylation is 2. The van der Waals surface area contributed by atoms with Crippen molar-refractivity contribution >= 4 is 29.1 Å². The Morgan fingerprint density at radius 1 is 1.25 bits per heavy atom. The molecule has 7 nitrogen and oxygen atoms in total. The maximum absolute atomic E-state index is 11.9. The van der Waals surface area contributed by atoms with Crippen molar-refractivity contribution < 1.29 is 14.3 Å². The smallest absolute Gasteiger partial charge is 0.258 e. The van der Waals surface area contributed by atoms with E-state index >= 15 is 0 Å². The number of carbonyl (C=O) groups is 2. The molecule has 0 aliphatic rings. The summed E-state index contributed by atoms with van der Waals surface area (Å²) in [7, 11) is 1.80. The Morgan fingerprint density at radius 2 is 1.96 bits per heavy atom. The lowest BCUT2D eigenvalue weighted by Crippen LogP contribution is -2.36. The van der Waals surface area contributed by atoms with Crippen LogP contribution in [-0.4, -0.2) is 34.7 Å². The van der Waals surface area contributed by atoms with Gasteiger partial charge < -0.3 is 15.4 Å². The van der Waals surface area contributed by atoms with Gasteiger partial charge in [-0.1, -0.05) is 23.7 Å². The third-order valence-electron chi connectivity index (χ3n) is 3.41. The molecule has 0 saturated carbocycles. The zero-order valence-corrected chi connectivity index (χ0v) is 14.5. The maximum atomic E-state index is 11.9. The Balaban J connectivity index is 1.79. The van der Waals surface area contributed by atoms with Crippen LogP contribution in [0.15, 0.2) is 24.3 Å². The lowest BCUT2D eigenvalue weighted by atomic mass is 10.3. The average Bonchev–Trinajstić information content (AvgIpc) is 2.78. The highest BCUT2D eigenvalue weighted by molar-refractivity contribution is 6.32. The Morgan fingerprint density at radius 3 is 2.58 bits per heavy atom. The average molecular weight is 351 g/mol. The summed E-state index contributed by atoms with van der Waals surface area (Å²) in [5.41, 5.74) is 2.22. The molecule has 1 aromatic heterocycles. The first-order valence-electron chi connectivity index (χ1n) is 7.32. The SMILES string of the molecule is Cc1nn(C)c(C)c1NC(=O)CNC(=O)COc1ccccc1Cl. The molecule has 0 fully saturated rings. The van der Waals surface area contributed by atoms with E-state index in [1.165, 1.54) is 0 Å². The number of amides is 2. The molecule has 1 aromatic carbocycles. The number of aromatic nitrogens is 2. The van der Waals surface area contributed by atoms with Crippen molar-refractivity contribution in [2.45, 2.75) is 13.8 Å². The highest BCUT2D eigenvalue weighted by atomic mass is 35.5. The Bertz CT molecular complexity index is 758. The van der Waals surface area contributed by atoms with Crippen LogP contribution >= 0.6 is 11.6 Å².